The van der Waals surface area contributed by atoms with Crippen molar-refractivity contribution in [2.75, 3.05) is 13.6 Å². The first-order valence-electron chi connectivity index (χ1n) is 9.04. The number of hydrogen-bond acceptors (Lipinski definition) is 3. The Bertz CT molecular complexity index is 1010. The highest BCUT2D eigenvalue weighted by Gasteiger charge is 2.14. The first kappa shape index (κ1) is 18.6. The summed E-state index contributed by atoms with van der Waals surface area (Å²) < 4.78 is 5.61. The van der Waals surface area contributed by atoms with E-state index < -0.39 is 0 Å². The molecule has 3 aromatic carbocycles. The predicted octanol–water partition coefficient (Wildman–Crippen LogP) is 5.29. The van der Waals surface area contributed by atoms with Gasteiger partial charge in [-0.25, -0.2) is 9.79 Å². The topological polar surface area (TPSA) is 41.9 Å². The smallest absolute Gasteiger partial charge is 0.343 e. The Kier molecular flexibility index (Phi) is 5.55. The lowest BCUT2D eigenvalue weighted by molar-refractivity contribution is 0.0734. The van der Waals surface area contributed by atoms with E-state index in [1.165, 1.54) is 0 Å². The van der Waals surface area contributed by atoms with Crippen molar-refractivity contribution in [1.82, 2.24) is 4.90 Å². The molecule has 0 saturated carbocycles. The van der Waals surface area contributed by atoms with Crippen LogP contribution < -0.4 is 4.74 Å². The molecule has 0 aliphatic heterocycles. The number of rotatable bonds is 5. The van der Waals surface area contributed by atoms with Crippen LogP contribution in [0.1, 0.15) is 28.4 Å². The Hall–Kier alpha value is -3.14. The van der Waals surface area contributed by atoms with Gasteiger partial charge in [0.05, 0.1) is 17.6 Å². The summed E-state index contributed by atoms with van der Waals surface area (Å²) in [5, 5.41) is 2.16. The molecule has 0 fully saturated rings. The molecule has 4 nitrogen and oxygen atoms in total. The third-order valence-corrected chi connectivity index (χ3v) is 4.59. The molecule has 3 aromatic rings. The number of aryl methyl sites for hydroxylation is 2. The average Bonchev–Trinajstić information content (AvgIpc) is 2.67. The lowest BCUT2D eigenvalue weighted by Gasteiger charge is -2.12. The van der Waals surface area contributed by atoms with Crippen LogP contribution >= 0.6 is 0 Å². The number of benzene rings is 3. The molecule has 3 rings (SSSR count). The number of esters is 1. The Morgan fingerprint density at radius 3 is 2.52 bits per heavy atom. The zero-order chi connectivity index (χ0) is 19.4. The van der Waals surface area contributed by atoms with E-state index in [4.69, 9.17) is 4.74 Å². The van der Waals surface area contributed by atoms with Gasteiger partial charge >= 0.3 is 5.97 Å². The molecule has 0 N–H and O–H groups in total. The van der Waals surface area contributed by atoms with E-state index in [1.54, 1.807) is 6.34 Å². The molecule has 0 bridgehead atoms. The quantitative estimate of drug-likeness (QED) is 0.269. The molecule has 0 amide bonds. The first-order valence-corrected chi connectivity index (χ1v) is 9.04. The highest BCUT2D eigenvalue weighted by Crippen LogP contribution is 2.26. The van der Waals surface area contributed by atoms with Gasteiger partial charge in [0.1, 0.15) is 5.75 Å². The van der Waals surface area contributed by atoms with Crippen LogP contribution in [0, 0.1) is 13.8 Å². The summed E-state index contributed by atoms with van der Waals surface area (Å²) in [6.07, 6.45) is 1.80. The SMILES string of the molecule is CCN(C)/C=N/c1cc(C)c(C(=O)Oc2ccc3ccccc3c2)cc1C. The van der Waals surface area contributed by atoms with Gasteiger partial charge in [-0.05, 0) is 66.9 Å². The van der Waals surface area contributed by atoms with Gasteiger partial charge in [-0.1, -0.05) is 30.3 Å². The Morgan fingerprint density at radius 2 is 1.78 bits per heavy atom. The van der Waals surface area contributed by atoms with Gasteiger partial charge in [0.2, 0.25) is 0 Å². The average molecular weight is 360 g/mol. The summed E-state index contributed by atoms with van der Waals surface area (Å²) in [6.45, 7) is 6.80. The van der Waals surface area contributed by atoms with Gasteiger partial charge in [-0.3, -0.25) is 0 Å². The van der Waals surface area contributed by atoms with Gasteiger partial charge in [0.15, 0.2) is 0 Å². The standard InChI is InChI=1S/C23H24N2O2/c1-5-25(4)15-24-22-13-16(2)21(12-17(22)3)23(26)27-20-11-10-18-8-6-7-9-19(18)14-20/h6-15H,5H2,1-4H3/b24-15+. The second-order valence-electron chi connectivity index (χ2n) is 6.67. The minimum Gasteiger partial charge on any atom is -0.423 e. The lowest BCUT2D eigenvalue weighted by atomic mass is 10.0. The van der Waals surface area contributed by atoms with Crippen molar-refractivity contribution in [3.63, 3.8) is 0 Å². The number of carbonyl (C=O) groups excluding carboxylic acids is 1. The lowest BCUT2D eigenvalue weighted by Crippen LogP contribution is -2.14. The third-order valence-electron chi connectivity index (χ3n) is 4.59. The summed E-state index contributed by atoms with van der Waals surface area (Å²) in [4.78, 5) is 19.2. The third kappa shape index (κ3) is 4.34. The van der Waals surface area contributed by atoms with Crippen molar-refractivity contribution in [3.8, 4) is 5.75 Å². The van der Waals surface area contributed by atoms with E-state index in [-0.39, 0.29) is 5.97 Å². The van der Waals surface area contributed by atoms with Crippen molar-refractivity contribution in [2.45, 2.75) is 20.8 Å². The monoisotopic (exact) mass is 360 g/mol. The normalized spacial score (nSPS) is 11.1. The van der Waals surface area contributed by atoms with Crippen LogP contribution in [0.2, 0.25) is 0 Å². The largest absolute Gasteiger partial charge is 0.423 e. The van der Waals surface area contributed by atoms with Crippen molar-refractivity contribution in [1.29, 1.82) is 0 Å². The molecule has 0 unspecified atom stereocenters. The molecule has 0 aliphatic rings. The van der Waals surface area contributed by atoms with Crippen LogP contribution in [0.3, 0.4) is 0 Å². The number of carbonyl (C=O) groups is 1. The molecule has 0 radical (unpaired) electrons. The van der Waals surface area contributed by atoms with Crippen LogP contribution in [-0.2, 0) is 0 Å². The van der Waals surface area contributed by atoms with Crippen LogP contribution in [-0.4, -0.2) is 30.8 Å². The van der Waals surface area contributed by atoms with Gasteiger partial charge in [-0.2, -0.15) is 0 Å². The summed E-state index contributed by atoms with van der Waals surface area (Å²) in [5.41, 5.74) is 3.20. The second kappa shape index (κ2) is 8.04. The maximum Gasteiger partial charge on any atom is 0.343 e. The molecule has 0 atom stereocenters. The fourth-order valence-corrected chi connectivity index (χ4v) is 2.80. The zero-order valence-corrected chi connectivity index (χ0v) is 16.2. The summed E-state index contributed by atoms with van der Waals surface area (Å²) >= 11 is 0. The van der Waals surface area contributed by atoms with Gasteiger partial charge in [-0.15, -0.1) is 0 Å². The van der Waals surface area contributed by atoms with E-state index in [0.717, 1.165) is 34.1 Å². The maximum absolute atomic E-state index is 12.7. The number of hydrogen-bond donors (Lipinski definition) is 0. The minimum absolute atomic E-state index is 0.355. The molecule has 0 spiro atoms. The van der Waals surface area contributed by atoms with Crippen molar-refractivity contribution in [3.05, 3.63) is 71.3 Å². The van der Waals surface area contributed by atoms with Gasteiger partial charge in [0, 0.05) is 13.6 Å². The fourth-order valence-electron chi connectivity index (χ4n) is 2.80. The van der Waals surface area contributed by atoms with Crippen LogP contribution in [0.5, 0.6) is 5.75 Å². The maximum atomic E-state index is 12.7. The minimum atomic E-state index is -0.355. The summed E-state index contributed by atoms with van der Waals surface area (Å²) in [6, 6.07) is 17.4. The highest BCUT2D eigenvalue weighted by atomic mass is 16.5. The Labute approximate surface area is 160 Å². The van der Waals surface area contributed by atoms with Crippen molar-refractivity contribution >= 4 is 28.8 Å². The highest BCUT2D eigenvalue weighted by molar-refractivity contribution is 5.94. The predicted molar refractivity (Wildman–Crippen MR) is 111 cm³/mol. The number of aliphatic imine (C=N–C) groups is 1. The number of nitrogens with zero attached hydrogens (tertiary/aromatic N) is 2. The fraction of sp³-hybridized carbons (Fsp3) is 0.217. The molecule has 0 heterocycles. The zero-order valence-electron chi connectivity index (χ0n) is 16.2. The van der Waals surface area contributed by atoms with Crippen molar-refractivity contribution < 1.29 is 9.53 Å². The Balaban J connectivity index is 1.83. The molecule has 27 heavy (non-hydrogen) atoms. The first-order chi connectivity index (χ1) is 13.0. The van der Waals surface area contributed by atoms with Crippen LogP contribution in [0.4, 0.5) is 5.69 Å². The van der Waals surface area contributed by atoms with Crippen LogP contribution in [0.25, 0.3) is 10.8 Å². The van der Waals surface area contributed by atoms with E-state index in [2.05, 4.69) is 11.9 Å². The van der Waals surface area contributed by atoms with E-state index in [1.807, 2.05) is 80.4 Å². The number of fused-ring (bicyclic) bond motifs is 1. The molecule has 0 aliphatic carbocycles. The molecule has 138 valence electrons. The van der Waals surface area contributed by atoms with Gasteiger partial charge in [0.25, 0.3) is 0 Å². The summed E-state index contributed by atoms with van der Waals surface area (Å²) in [7, 11) is 1.97. The summed E-state index contributed by atoms with van der Waals surface area (Å²) in [5.74, 6) is 0.189. The van der Waals surface area contributed by atoms with E-state index >= 15 is 0 Å². The molecule has 0 saturated heterocycles. The second-order valence-corrected chi connectivity index (χ2v) is 6.67. The van der Waals surface area contributed by atoms with Crippen LogP contribution in [0.15, 0.2) is 59.6 Å². The van der Waals surface area contributed by atoms with E-state index in [0.29, 0.717) is 11.3 Å². The van der Waals surface area contributed by atoms with Crippen molar-refractivity contribution in [2.24, 2.45) is 4.99 Å². The number of ether oxygens (including phenoxy) is 1. The van der Waals surface area contributed by atoms with E-state index in [9.17, 15) is 4.79 Å². The molecular weight excluding hydrogens is 336 g/mol. The Morgan fingerprint density at radius 1 is 1.04 bits per heavy atom. The van der Waals surface area contributed by atoms with Gasteiger partial charge < -0.3 is 9.64 Å². The molecule has 4 heteroatoms. The molecular formula is C23H24N2O2. The molecule has 0 aromatic heterocycles.